The molecule has 0 aliphatic heterocycles. The van der Waals surface area contributed by atoms with Gasteiger partial charge in [-0.05, 0) is 54.7 Å². The molecule has 0 saturated heterocycles. The number of thiocarbonyl (C=S) groups is 1. The summed E-state index contributed by atoms with van der Waals surface area (Å²) in [5.74, 6) is 0.802. The van der Waals surface area contributed by atoms with Crippen LogP contribution in [-0.2, 0) is 5.41 Å². The summed E-state index contributed by atoms with van der Waals surface area (Å²) >= 11 is 5.46. The van der Waals surface area contributed by atoms with Crippen LogP contribution in [0.4, 0.5) is 5.69 Å². The van der Waals surface area contributed by atoms with Crippen LogP contribution in [0.5, 0.6) is 5.75 Å². The number of anilines is 1. The normalized spacial score (nSPS) is 12.4. The fourth-order valence-electron chi connectivity index (χ4n) is 2.56. The van der Waals surface area contributed by atoms with Crippen LogP contribution < -0.4 is 15.4 Å². The Morgan fingerprint density at radius 3 is 2.32 bits per heavy atom. The van der Waals surface area contributed by atoms with E-state index in [2.05, 4.69) is 62.6 Å². The van der Waals surface area contributed by atoms with Crippen LogP contribution in [0.3, 0.4) is 0 Å². The minimum absolute atomic E-state index is 0.119. The Labute approximate surface area is 156 Å². The maximum absolute atomic E-state index is 5.62. The maximum Gasteiger partial charge on any atom is 0.171 e. The number of benzene rings is 2. The van der Waals surface area contributed by atoms with Gasteiger partial charge in [-0.25, -0.2) is 0 Å². The summed E-state index contributed by atoms with van der Waals surface area (Å²) in [5, 5.41) is 7.15. The summed E-state index contributed by atoms with van der Waals surface area (Å²) in [6, 6.07) is 16.6. The molecule has 2 aromatic carbocycles. The smallest absolute Gasteiger partial charge is 0.171 e. The average molecular weight is 357 g/mol. The van der Waals surface area contributed by atoms with Crippen LogP contribution >= 0.6 is 12.2 Å². The summed E-state index contributed by atoms with van der Waals surface area (Å²) in [5.41, 5.74) is 3.57. The molecule has 0 radical (unpaired) electrons. The Morgan fingerprint density at radius 1 is 1.08 bits per heavy atom. The van der Waals surface area contributed by atoms with E-state index in [9.17, 15) is 0 Å². The van der Waals surface area contributed by atoms with Gasteiger partial charge in [-0.2, -0.15) is 0 Å². The Hall–Kier alpha value is -2.07. The van der Waals surface area contributed by atoms with Gasteiger partial charge >= 0.3 is 0 Å². The van der Waals surface area contributed by atoms with E-state index in [1.54, 1.807) is 0 Å². The zero-order valence-corrected chi connectivity index (χ0v) is 16.5. The highest BCUT2D eigenvalue weighted by atomic mass is 32.1. The number of hydrogen-bond acceptors (Lipinski definition) is 2. The molecule has 0 aliphatic rings. The summed E-state index contributed by atoms with van der Waals surface area (Å²) < 4.78 is 5.62. The molecule has 4 heteroatoms. The van der Waals surface area contributed by atoms with Gasteiger partial charge in [-0.1, -0.05) is 57.2 Å². The maximum atomic E-state index is 5.62. The second-order valence-corrected chi connectivity index (χ2v) is 7.53. The first-order valence-electron chi connectivity index (χ1n) is 8.71. The van der Waals surface area contributed by atoms with Gasteiger partial charge in [0, 0.05) is 0 Å². The second kappa shape index (κ2) is 8.34. The first-order valence-corrected chi connectivity index (χ1v) is 9.12. The lowest BCUT2D eigenvalue weighted by Crippen LogP contribution is -2.31. The molecule has 25 heavy (non-hydrogen) atoms. The lowest BCUT2D eigenvalue weighted by molar-refractivity contribution is 0.342. The molecule has 0 heterocycles. The van der Waals surface area contributed by atoms with Crippen molar-refractivity contribution in [3.05, 3.63) is 59.7 Å². The van der Waals surface area contributed by atoms with E-state index in [0.717, 1.165) is 11.4 Å². The van der Waals surface area contributed by atoms with Crippen LogP contribution in [0.25, 0.3) is 0 Å². The molecular weight excluding hydrogens is 328 g/mol. The lowest BCUT2D eigenvalue weighted by atomic mass is 9.86. The van der Waals surface area contributed by atoms with Gasteiger partial charge < -0.3 is 15.4 Å². The van der Waals surface area contributed by atoms with E-state index in [0.29, 0.717) is 11.7 Å². The van der Waals surface area contributed by atoms with Gasteiger partial charge in [0.15, 0.2) is 5.11 Å². The van der Waals surface area contributed by atoms with E-state index >= 15 is 0 Å². The van der Waals surface area contributed by atoms with E-state index in [1.807, 2.05) is 31.2 Å². The van der Waals surface area contributed by atoms with E-state index in [-0.39, 0.29) is 11.5 Å². The molecule has 0 bridgehead atoms. The highest BCUT2D eigenvalue weighted by Gasteiger charge is 2.14. The highest BCUT2D eigenvalue weighted by Crippen LogP contribution is 2.25. The van der Waals surface area contributed by atoms with Gasteiger partial charge in [0.2, 0.25) is 0 Å². The predicted octanol–water partition coefficient (Wildman–Crippen LogP) is 5.43. The van der Waals surface area contributed by atoms with E-state index in [4.69, 9.17) is 17.0 Å². The number of rotatable bonds is 5. The fraction of sp³-hybridized carbons (Fsp3) is 0.381. The molecule has 1 atom stereocenters. The monoisotopic (exact) mass is 356 g/mol. The zero-order valence-electron chi connectivity index (χ0n) is 15.7. The summed E-state index contributed by atoms with van der Waals surface area (Å²) in [7, 11) is 0. The number of para-hydroxylation sites is 2. The van der Waals surface area contributed by atoms with Crippen molar-refractivity contribution in [2.24, 2.45) is 0 Å². The van der Waals surface area contributed by atoms with E-state index in [1.165, 1.54) is 11.1 Å². The Morgan fingerprint density at radius 2 is 1.72 bits per heavy atom. The Balaban J connectivity index is 2.01. The van der Waals surface area contributed by atoms with Crippen molar-refractivity contribution >= 4 is 23.0 Å². The number of nitrogens with one attached hydrogen (secondary N) is 2. The molecule has 0 unspecified atom stereocenters. The molecular formula is C21H28N2OS. The minimum Gasteiger partial charge on any atom is -0.492 e. The summed E-state index contributed by atoms with van der Waals surface area (Å²) in [6.07, 6.45) is 0. The van der Waals surface area contributed by atoms with Crippen LogP contribution in [0.15, 0.2) is 48.5 Å². The molecule has 2 rings (SSSR count). The Bertz CT molecular complexity index is 705. The molecule has 0 amide bonds. The van der Waals surface area contributed by atoms with Crippen molar-refractivity contribution < 1.29 is 4.74 Å². The van der Waals surface area contributed by atoms with Crippen molar-refractivity contribution in [3.8, 4) is 5.75 Å². The van der Waals surface area contributed by atoms with Gasteiger partial charge in [-0.3, -0.25) is 0 Å². The zero-order chi connectivity index (χ0) is 18.4. The predicted molar refractivity (Wildman–Crippen MR) is 111 cm³/mol. The van der Waals surface area contributed by atoms with Crippen molar-refractivity contribution in [1.29, 1.82) is 0 Å². The average Bonchev–Trinajstić information content (AvgIpc) is 2.56. The highest BCUT2D eigenvalue weighted by molar-refractivity contribution is 7.80. The quantitative estimate of drug-likeness (QED) is 0.700. The molecule has 2 N–H and O–H groups in total. The second-order valence-electron chi connectivity index (χ2n) is 7.12. The van der Waals surface area contributed by atoms with Crippen molar-refractivity contribution in [1.82, 2.24) is 5.32 Å². The summed E-state index contributed by atoms with van der Waals surface area (Å²) in [4.78, 5) is 0. The molecule has 0 spiro atoms. The topological polar surface area (TPSA) is 33.3 Å². The summed E-state index contributed by atoms with van der Waals surface area (Å²) in [6.45, 7) is 11.4. The van der Waals surface area contributed by atoms with Crippen LogP contribution in [-0.4, -0.2) is 11.7 Å². The van der Waals surface area contributed by atoms with Crippen LogP contribution in [0.1, 0.15) is 51.8 Å². The first-order chi connectivity index (χ1) is 11.8. The molecule has 0 fully saturated rings. The van der Waals surface area contributed by atoms with Crippen molar-refractivity contribution in [2.75, 3.05) is 11.9 Å². The van der Waals surface area contributed by atoms with Gasteiger partial charge in [0.1, 0.15) is 5.75 Å². The first kappa shape index (κ1) is 19.3. The molecule has 0 saturated carbocycles. The lowest BCUT2D eigenvalue weighted by Gasteiger charge is -2.22. The SMILES string of the molecule is CCOc1ccccc1NC(=S)N[C@@H](C)c1ccc(C(C)(C)C)cc1. The van der Waals surface area contributed by atoms with Crippen LogP contribution in [0.2, 0.25) is 0 Å². The van der Waals surface area contributed by atoms with Crippen molar-refractivity contribution in [3.63, 3.8) is 0 Å². The fourth-order valence-corrected chi connectivity index (χ4v) is 2.85. The standard InChI is InChI=1S/C21H28N2OS/c1-6-24-19-10-8-7-9-18(19)23-20(25)22-15(2)16-11-13-17(14-12-16)21(3,4)5/h7-15H,6H2,1-5H3,(H2,22,23,25)/t15-/m0/s1. The third-order valence-corrected chi connectivity index (χ3v) is 4.28. The minimum atomic E-state index is 0.119. The van der Waals surface area contributed by atoms with Gasteiger partial charge in [0.05, 0.1) is 18.3 Å². The third-order valence-electron chi connectivity index (χ3n) is 4.06. The number of ether oxygens (including phenoxy) is 1. The largest absolute Gasteiger partial charge is 0.492 e. The van der Waals surface area contributed by atoms with E-state index < -0.39 is 0 Å². The molecule has 2 aromatic rings. The Kier molecular flexibility index (Phi) is 6.43. The number of hydrogen-bond donors (Lipinski definition) is 2. The molecule has 0 aromatic heterocycles. The van der Waals surface area contributed by atoms with Gasteiger partial charge in [0.25, 0.3) is 0 Å². The molecule has 3 nitrogen and oxygen atoms in total. The van der Waals surface area contributed by atoms with Crippen LogP contribution in [0, 0.1) is 0 Å². The molecule has 0 aliphatic carbocycles. The molecule has 134 valence electrons. The van der Waals surface area contributed by atoms with Gasteiger partial charge in [-0.15, -0.1) is 0 Å². The third kappa shape index (κ3) is 5.46. The van der Waals surface area contributed by atoms with Crippen molar-refractivity contribution in [2.45, 2.75) is 46.1 Å².